The van der Waals surface area contributed by atoms with Crippen LogP contribution in [0.15, 0.2) is 24.5 Å². The van der Waals surface area contributed by atoms with Crippen molar-refractivity contribution in [1.82, 2.24) is 4.98 Å². The first kappa shape index (κ1) is 8.67. The molecule has 0 fully saturated rings. The van der Waals surface area contributed by atoms with Crippen LogP contribution in [-0.2, 0) is 4.79 Å². The first-order chi connectivity index (χ1) is 5.70. The quantitative estimate of drug-likeness (QED) is 0.637. The van der Waals surface area contributed by atoms with Gasteiger partial charge in [0.25, 0.3) is 0 Å². The van der Waals surface area contributed by atoms with Crippen molar-refractivity contribution in [3.05, 3.63) is 30.1 Å². The van der Waals surface area contributed by atoms with E-state index in [1.165, 1.54) is 0 Å². The summed E-state index contributed by atoms with van der Waals surface area (Å²) in [6.07, 6.45) is 2.98. The second-order valence-corrected chi connectivity index (χ2v) is 2.47. The predicted molar refractivity (Wildman–Crippen MR) is 40.8 cm³/mol. The minimum Gasteiger partial charge on any atom is -0.550 e. The number of carbonyl (C=O) groups is 1. The largest absolute Gasteiger partial charge is 0.550 e. The van der Waals surface area contributed by atoms with Crippen molar-refractivity contribution in [2.45, 2.75) is 12.5 Å². The van der Waals surface area contributed by atoms with E-state index < -0.39 is 12.0 Å². The van der Waals surface area contributed by atoms with Gasteiger partial charge in [-0.25, -0.2) is 0 Å². The van der Waals surface area contributed by atoms with E-state index in [4.69, 9.17) is 5.73 Å². The van der Waals surface area contributed by atoms with Crippen molar-refractivity contribution >= 4 is 5.97 Å². The number of carboxylic acids is 1. The lowest BCUT2D eigenvalue weighted by molar-refractivity contribution is -0.306. The van der Waals surface area contributed by atoms with Gasteiger partial charge in [-0.05, 0) is 11.6 Å². The third-order valence-electron chi connectivity index (χ3n) is 1.50. The van der Waals surface area contributed by atoms with Gasteiger partial charge in [0.2, 0.25) is 0 Å². The van der Waals surface area contributed by atoms with E-state index in [-0.39, 0.29) is 6.42 Å². The Balaban J connectivity index is 2.65. The maximum Gasteiger partial charge on any atom is 0.0433 e. The van der Waals surface area contributed by atoms with Crippen LogP contribution in [-0.4, -0.2) is 11.0 Å². The van der Waals surface area contributed by atoms with E-state index >= 15 is 0 Å². The van der Waals surface area contributed by atoms with Crippen LogP contribution >= 0.6 is 0 Å². The summed E-state index contributed by atoms with van der Waals surface area (Å²) < 4.78 is 0. The van der Waals surface area contributed by atoms with Crippen LogP contribution < -0.4 is 10.8 Å². The molecule has 12 heavy (non-hydrogen) atoms. The molecule has 1 aromatic heterocycles. The summed E-state index contributed by atoms with van der Waals surface area (Å²) in [6.45, 7) is 0. The van der Waals surface area contributed by atoms with Crippen LogP contribution in [0.4, 0.5) is 0 Å². The summed E-state index contributed by atoms with van der Waals surface area (Å²) in [7, 11) is 0. The minimum atomic E-state index is -1.15. The van der Waals surface area contributed by atoms with E-state index in [2.05, 4.69) is 4.98 Å². The predicted octanol–water partition coefficient (Wildman–Crippen LogP) is -0.779. The standard InChI is InChI=1S/C8H10N2O2/c9-7(4-8(11)12)6-2-1-3-10-5-6/h1-3,5,7H,4,9H2,(H,11,12)/p-1. The van der Waals surface area contributed by atoms with Gasteiger partial charge in [0.15, 0.2) is 0 Å². The molecule has 0 aliphatic carbocycles. The first-order valence-corrected chi connectivity index (χ1v) is 3.55. The molecule has 0 amide bonds. The molecule has 0 aliphatic heterocycles. The number of hydrogen-bond donors (Lipinski definition) is 1. The zero-order chi connectivity index (χ0) is 8.97. The average molecular weight is 165 g/mol. The van der Waals surface area contributed by atoms with Crippen molar-refractivity contribution in [1.29, 1.82) is 0 Å². The Labute approximate surface area is 70.0 Å². The van der Waals surface area contributed by atoms with E-state index in [9.17, 15) is 9.90 Å². The normalized spacial score (nSPS) is 12.4. The molecule has 1 unspecified atom stereocenters. The van der Waals surface area contributed by atoms with Gasteiger partial charge in [-0.1, -0.05) is 6.07 Å². The average Bonchev–Trinajstić information content (AvgIpc) is 2.05. The number of carbonyl (C=O) groups excluding carboxylic acids is 1. The summed E-state index contributed by atoms with van der Waals surface area (Å²) in [5.74, 6) is -1.15. The van der Waals surface area contributed by atoms with Crippen molar-refractivity contribution in [2.75, 3.05) is 0 Å². The van der Waals surface area contributed by atoms with Crippen LogP contribution in [0.25, 0.3) is 0 Å². The molecule has 0 aromatic carbocycles. The van der Waals surface area contributed by atoms with Gasteiger partial charge in [-0.2, -0.15) is 0 Å². The molecule has 2 N–H and O–H groups in total. The summed E-state index contributed by atoms with van der Waals surface area (Å²) in [5.41, 5.74) is 6.24. The molecule has 0 spiro atoms. The van der Waals surface area contributed by atoms with Gasteiger partial charge in [-0.3, -0.25) is 4.98 Å². The van der Waals surface area contributed by atoms with Gasteiger partial charge in [-0.15, -0.1) is 0 Å². The second kappa shape index (κ2) is 3.82. The third-order valence-corrected chi connectivity index (χ3v) is 1.50. The molecular weight excluding hydrogens is 156 g/mol. The fourth-order valence-corrected chi connectivity index (χ4v) is 0.893. The molecule has 0 aliphatic rings. The molecule has 1 aromatic rings. The molecule has 1 atom stereocenters. The lowest BCUT2D eigenvalue weighted by Gasteiger charge is -2.11. The van der Waals surface area contributed by atoms with E-state index in [0.717, 1.165) is 0 Å². The van der Waals surface area contributed by atoms with Gasteiger partial charge in [0.05, 0.1) is 0 Å². The molecule has 1 heterocycles. The fourth-order valence-electron chi connectivity index (χ4n) is 0.893. The minimum absolute atomic E-state index is 0.175. The Bertz CT molecular complexity index is 261. The number of hydrogen-bond acceptors (Lipinski definition) is 4. The van der Waals surface area contributed by atoms with Gasteiger partial charge in [0, 0.05) is 30.8 Å². The van der Waals surface area contributed by atoms with Gasteiger partial charge < -0.3 is 15.6 Å². The molecule has 4 nitrogen and oxygen atoms in total. The fraction of sp³-hybridized carbons (Fsp3) is 0.250. The SMILES string of the molecule is NC(CC(=O)[O-])c1cccnc1. The van der Waals surface area contributed by atoms with Gasteiger partial charge in [0.1, 0.15) is 0 Å². The number of pyridine rings is 1. The molecule has 0 saturated heterocycles. The van der Waals surface area contributed by atoms with Crippen molar-refractivity contribution < 1.29 is 9.90 Å². The van der Waals surface area contributed by atoms with E-state index in [0.29, 0.717) is 5.56 Å². The molecule has 64 valence electrons. The number of nitrogens with zero attached hydrogens (tertiary/aromatic N) is 1. The number of rotatable bonds is 3. The monoisotopic (exact) mass is 165 g/mol. The highest BCUT2D eigenvalue weighted by atomic mass is 16.4. The number of aliphatic carboxylic acids is 1. The van der Waals surface area contributed by atoms with Crippen LogP contribution in [0.5, 0.6) is 0 Å². The van der Waals surface area contributed by atoms with Crippen molar-refractivity contribution in [3.63, 3.8) is 0 Å². The zero-order valence-corrected chi connectivity index (χ0v) is 6.43. The third kappa shape index (κ3) is 2.32. The molecule has 4 heteroatoms. The van der Waals surface area contributed by atoms with Crippen LogP contribution in [0, 0.1) is 0 Å². The zero-order valence-electron chi connectivity index (χ0n) is 6.43. The number of nitrogens with two attached hydrogens (primary N) is 1. The number of aromatic nitrogens is 1. The maximum atomic E-state index is 10.2. The van der Waals surface area contributed by atoms with Crippen LogP contribution in [0.3, 0.4) is 0 Å². The molecule has 0 saturated carbocycles. The van der Waals surface area contributed by atoms with Gasteiger partial charge >= 0.3 is 0 Å². The first-order valence-electron chi connectivity index (χ1n) is 3.55. The smallest absolute Gasteiger partial charge is 0.0433 e. The highest BCUT2D eigenvalue weighted by Gasteiger charge is 2.04. The Morgan fingerprint density at radius 1 is 1.75 bits per heavy atom. The van der Waals surface area contributed by atoms with E-state index in [1.54, 1.807) is 24.5 Å². The van der Waals surface area contributed by atoms with E-state index in [1.807, 2.05) is 0 Å². The summed E-state index contributed by atoms with van der Waals surface area (Å²) in [5, 5.41) is 10.2. The summed E-state index contributed by atoms with van der Waals surface area (Å²) in [6, 6.07) is 2.93. The second-order valence-electron chi connectivity index (χ2n) is 2.47. The Hall–Kier alpha value is -1.42. The Morgan fingerprint density at radius 2 is 2.50 bits per heavy atom. The van der Waals surface area contributed by atoms with Crippen molar-refractivity contribution in [2.24, 2.45) is 5.73 Å². The highest BCUT2D eigenvalue weighted by Crippen LogP contribution is 2.10. The summed E-state index contributed by atoms with van der Waals surface area (Å²) in [4.78, 5) is 14.0. The van der Waals surface area contributed by atoms with Crippen LogP contribution in [0.1, 0.15) is 18.0 Å². The molecule has 0 bridgehead atoms. The topological polar surface area (TPSA) is 79.0 Å². The Kier molecular flexibility index (Phi) is 2.76. The van der Waals surface area contributed by atoms with Crippen molar-refractivity contribution in [3.8, 4) is 0 Å². The highest BCUT2D eigenvalue weighted by molar-refractivity contribution is 5.65. The van der Waals surface area contributed by atoms with Crippen LogP contribution in [0.2, 0.25) is 0 Å². The molecule has 1 rings (SSSR count). The maximum absolute atomic E-state index is 10.2. The lowest BCUT2D eigenvalue weighted by atomic mass is 10.1. The molecule has 0 radical (unpaired) electrons. The summed E-state index contributed by atoms with van der Waals surface area (Å²) >= 11 is 0. The molecular formula is C8H9N2O2-. The Morgan fingerprint density at radius 3 is 3.00 bits per heavy atom. The number of carboxylic acid groups (broad SMARTS) is 1. The lowest BCUT2D eigenvalue weighted by Crippen LogP contribution is -2.27.